The third-order valence-corrected chi connectivity index (χ3v) is 4.88. The molecule has 1 atom stereocenters. The molecule has 0 radical (unpaired) electrons. The van der Waals surface area contributed by atoms with Crippen LogP contribution in [0.15, 0.2) is 48.7 Å². The third-order valence-electron chi connectivity index (χ3n) is 4.88. The molecule has 3 aromatic rings. The molecule has 7 heteroatoms. The van der Waals surface area contributed by atoms with E-state index in [2.05, 4.69) is 5.32 Å². The number of nitrogens with zero attached hydrogens (tertiary/aromatic N) is 1. The van der Waals surface area contributed by atoms with Crippen LogP contribution in [0.4, 0.5) is 10.5 Å². The maximum absolute atomic E-state index is 12.3. The second kappa shape index (κ2) is 7.36. The van der Waals surface area contributed by atoms with Gasteiger partial charge in [-0.25, -0.2) is 4.79 Å². The van der Waals surface area contributed by atoms with Crippen molar-refractivity contribution in [3.63, 3.8) is 0 Å². The summed E-state index contributed by atoms with van der Waals surface area (Å²) in [7, 11) is 1.57. The Morgan fingerprint density at radius 2 is 2.11 bits per heavy atom. The summed E-state index contributed by atoms with van der Waals surface area (Å²) in [5, 5.41) is 13.2. The molecule has 1 aliphatic heterocycles. The first-order valence-corrected chi connectivity index (χ1v) is 9.02. The second-order valence-electron chi connectivity index (χ2n) is 6.65. The van der Waals surface area contributed by atoms with Gasteiger partial charge in [-0.2, -0.15) is 0 Å². The van der Waals surface area contributed by atoms with E-state index < -0.39 is 12.2 Å². The first-order valence-electron chi connectivity index (χ1n) is 9.02. The normalized spacial score (nSPS) is 16.2. The van der Waals surface area contributed by atoms with Gasteiger partial charge in [-0.1, -0.05) is 12.1 Å². The topological polar surface area (TPSA) is 89.8 Å². The molecule has 1 fully saturated rings. The fourth-order valence-corrected chi connectivity index (χ4v) is 3.50. The van der Waals surface area contributed by atoms with Crippen LogP contribution >= 0.6 is 0 Å². The number of anilines is 1. The molecular formula is C21H20N2O5. The smallest absolute Gasteiger partial charge is 0.416 e. The van der Waals surface area contributed by atoms with Crippen LogP contribution in [0.5, 0.6) is 5.75 Å². The molecule has 2 aromatic carbocycles. The number of ether oxygens (including phenoxy) is 2. The minimum atomic E-state index is -1.07. The number of methoxy groups -OCH3 is 1. The molecule has 28 heavy (non-hydrogen) atoms. The molecule has 0 aliphatic carbocycles. The summed E-state index contributed by atoms with van der Waals surface area (Å²) in [6, 6.07) is 12.6. The van der Waals surface area contributed by atoms with E-state index >= 15 is 0 Å². The summed E-state index contributed by atoms with van der Waals surface area (Å²) in [4.78, 5) is 24.0. The average Bonchev–Trinajstić information content (AvgIpc) is 3.36. The third kappa shape index (κ3) is 3.32. The van der Waals surface area contributed by atoms with Crippen molar-refractivity contribution in [1.82, 2.24) is 4.57 Å². The number of nitrogens with one attached hydrogen (secondary N) is 1. The molecule has 2 N–H and O–H groups in total. The predicted molar refractivity (Wildman–Crippen MR) is 105 cm³/mol. The van der Waals surface area contributed by atoms with Crippen LogP contribution in [0.25, 0.3) is 22.0 Å². The number of carbonyl (C=O) groups excluding carboxylic acids is 1. The van der Waals surface area contributed by atoms with Gasteiger partial charge >= 0.3 is 6.09 Å². The minimum Gasteiger partial charge on any atom is -0.497 e. The van der Waals surface area contributed by atoms with Crippen molar-refractivity contribution in [2.45, 2.75) is 18.9 Å². The monoisotopic (exact) mass is 380 g/mol. The Morgan fingerprint density at radius 3 is 2.82 bits per heavy atom. The molecule has 7 nitrogen and oxygen atoms in total. The quantitative estimate of drug-likeness (QED) is 0.715. The van der Waals surface area contributed by atoms with Crippen LogP contribution in [0, 0.1) is 0 Å². The molecule has 1 amide bonds. The summed E-state index contributed by atoms with van der Waals surface area (Å²) in [5.74, 6) is 0.476. The van der Waals surface area contributed by atoms with Gasteiger partial charge in [0.05, 0.1) is 12.6 Å². The molecule has 4 rings (SSSR count). The van der Waals surface area contributed by atoms with Crippen molar-refractivity contribution >= 4 is 28.6 Å². The van der Waals surface area contributed by atoms with Crippen LogP contribution in [-0.2, 0) is 9.53 Å². The molecule has 1 unspecified atom stereocenters. The molecule has 0 bridgehead atoms. The van der Waals surface area contributed by atoms with E-state index in [1.54, 1.807) is 31.5 Å². The molecule has 0 spiro atoms. The second-order valence-corrected chi connectivity index (χ2v) is 6.65. The number of carbonyl (C=O) groups is 2. The van der Waals surface area contributed by atoms with Crippen LogP contribution in [0.3, 0.4) is 0 Å². The van der Waals surface area contributed by atoms with Gasteiger partial charge in [-0.3, -0.25) is 9.36 Å². The molecule has 144 valence electrons. The van der Waals surface area contributed by atoms with E-state index in [1.807, 2.05) is 24.3 Å². The van der Waals surface area contributed by atoms with E-state index in [1.165, 1.54) is 4.57 Å². The van der Waals surface area contributed by atoms with Crippen molar-refractivity contribution in [1.29, 1.82) is 0 Å². The zero-order valence-corrected chi connectivity index (χ0v) is 15.3. The highest BCUT2D eigenvalue weighted by atomic mass is 16.5. The standard InChI is InChI=1S/C21H20N2O5/c1-27-15-7-8-18-16(11-15)17(12-23(18)21(25)26)13-4-2-5-14(10-13)22-20(24)19-6-3-9-28-19/h2,4-5,7-8,10-12,19H,3,6,9H2,1H3,(H,22,24)(H,25,26). The van der Waals surface area contributed by atoms with Gasteiger partial charge in [0, 0.05) is 29.4 Å². The summed E-state index contributed by atoms with van der Waals surface area (Å²) < 4.78 is 11.9. The Morgan fingerprint density at radius 1 is 1.25 bits per heavy atom. The van der Waals surface area contributed by atoms with Gasteiger partial charge in [0.25, 0.3) is 5.91 Å². The maximum atomic E-state index is 12.3. The largest absolute Gasteiger partial charge is 0.497 e. The summed E-state index contributed by atoms with van der Waals surface area (Å²) in [6.45, 7) is 0.606. The van der Waals surface area contributed by atoms with Gasteiger partial charge in [-0.15, -0.1) is 0 Å². The first kappa shape index (κ1) is 18.1. The lowest BCUT2D eigenvalue weighted by Gasteiger charge is -2.11. The molecule has 1 saturated heterocycles. The summed E-state index contributed by atoms with van der Waals surface area (Å²) in [6.07, 6.45) is 1.70. The molecular weight excluding hydrogens is 360 g/mol. The zero-order valence-electron chi connectivity index (χ0n) is 15.3. The summed E-state index contributed by atoms with van der Waals surface area (Å²) in [5.41, 5.74) is 2.74. The lowest BCUT2D eigenvalue weighted by Crippen LogP contribution is -2.26. The first-order chi connectivity index (χ1) is 13.6. The van der Waals surface area contributed by atoms with E-state index in [4.69, 9.17) is 9.47 Å². The van der Waals surface area contributed by atoms with E-state index in [0.29, 0.717) is 23.6 Å². The highest BCUT2D eigenvalue weighted by Crippen LogP contribution is 2.34. The fourth-order valence-electron chi connectivity index (χ4n) is 3.50. The van der Waals surface area contributed by atoms with Crippen LogP contribution < -0.4 is 10.1 Å². The highest BCUT2D eigenvalue weighted by Gasteiger charge is 2.23. The van der Waals surface area contributed by atoms with Gasteiger partial charge in [0.15, 0.2) is 0 Å². The Hall–Kier alpha value is -3.32. The highest BCUT2D eigenvalue weighted by molar-refractivity contribution is 6.02. The number of benzene rings is 2. The lowest BCUT2D eigenvalue weighted by atomic mass is 10.0. The number of carboxylic acid groups (broad SMARTS) is 1. The van der Waals surface area contributed by atoms with E-state index in [0.717, 1.165) is 29.4 Å². The van der Waals surface area contributed by atoms with Crippen LogP contribution in [0.2, 0.25) is 0 Å². The number of rotatable bonds is 4. The average molecular weight is 380 g/mol. The molecule has 1 aliphatic rings. The Bertz CT molecular complexity index is 1050. The Kier molecular flexibility index (Phi) is 4.75. The SMILES string of the molecule is COc1ccc2c(c1)c(-c1cccc(NC(=O)C3CCCO3)c1)cn2C(=O)O. The number of aromatic nitrogens is 1. The Labute approximate surface area is 161 Å². The van der Waals surface area contributed by atoms with Crippen molar-refractivity contribution in [2.75, 3.05) is 19.0 Å². The predicted octanol–water partition coefficient (Wildman–Crippen LogP) is 3.96. The number of hydrogen-bond donors (Lipinski definition) is 2. The van der Waals surface area contributed by atoms with Crippen molar-refractivity contribution in [2.24, 2.45) is 0 Å². The van der Waals surface area contributed by atoms with E-state index in [-0.39, 0.29) is 5.91 Å². The van der Waals surface area contributed by atoms with Gasteiger partial charge in [0.2, 0.25) is 0 Å². The maximum Gasteiger partial charge on any atom is 0.416 e. The minimum absolute atomic E-state index is 0.163. The van der Waals surface area contributed by atoms with E-state index in [9.17, 15) is 14.7 Å². The fraction of sp³-hybridized carbons (Fsp3) is 0.238. The number of fused-ring (bicyclic) bond motifs is 1. The number of hydrogen-bond acceptors (Lipinski definition) is 4. The zero-order chi connectivity index (χ0) is 19.7. The van der Waals surface area contributed by atoms with Crippen molar-refractivity contribution in [3.05, 3.63) is 48.7 Å². The number of amides is 1. The van der Waals surface area contributed by atoms with Crippen LogP contribution in [-0.4, -0.2) is 41.5 Å². The van der Waals surface area contributed by atoms with Crippen molar-refractivity contribution in [3.8, 4) is 16.9 Å². The van der Waals surface area contributed by atoms with Crippen molar-refractivity contribution < 1.29 is 24.2 Å². The van der Waals surface area contributed by atoms with Gasteiger partial charge in [-0.05, 0) is 48.7 Å². The molecule has 2 heterocycles. The molecule has 1 aromatic heterocycles. The Balaban J connectivity index is 1.73. The molecule has 0 saturated carbocycles. The van der Waals surface area contributed by atoms with Gasteiger partial charge in [0.1, 0.15) is 11.9 Å². The van der Waals surface area contributed by atoms with Gasteiger partial charge < -0.3 is 19.9 Å². The summed E-state index contributed by atoms with van der Waals surface area (Å²) >= 11 is 0. The van der Waals surface area contributed by atoms with Crippen LogP contribution in [0.1, 0.15) is 12.8 Å². The lowest BCUT2D eigenvalue weighted by molar-refractivity contribution is -0.124.